The van der Waals surface area contributed by atoms with Gasteiger partial charge in [-0.25, -0.2) is 4.39 Å². The van der Waals surface area contributed by atoms with Crippen LogP contribution in [0.4, 0.5) is 4.39 Å². The third kappa shape index (κ3) is 2.98. The van der Waals surface area contributed by atoms with Gasteiger partial charge in [-0.2, -0.15) is 0 Å². The van der Waals surface area contributed by atoms with E-state index in [0.717, 1.165) is 32.2 Å². The molecule has 1 aliphatic rings. The smallest absolute Gasteiger partial charge is 0.139 e. The van der Waals surface area contributed by atoms with Gasteiger partial charge in [-0.15, -0.1) is 0 Å². The van der Waals surface area contributed by atoms with Crippen molar-refractivity contribution < 1.29 is 8.60 Å². The normalized spacial score (nSPS) is 25.2. The Morgan fingerprint density at radius 2 is 2.17 bits per heavy atom. The zero-order valence-electron chi connectivity index (χ0n) is 10.7. The van der Waals surface area contributed by atoms with Gasteiger partial charge in [0.15, 0.2) is 0 Å². The summed E-state index contributed by atoms with van der Waals surface area (Å²) in [5, 5.41) is 3.49. The van der Waals surface area contributed by atoms with E-state index in [2.05, 4.69) is 12.2 Å². The van der Waals surface area contributed by atoms with Crippen molar-refractivity contribution in [2.45, 2.75) is 48.8 Å². The fourth-order valence-electron chi connectivity index (χ4n) is 2.52. The monoisotopic (exact) mass is 269 g/mol. The highest BCUT2D eigenvalue weighted by atomic mass is 32.2. The SMILES string of the molecule is CCCNC1CCCC1S(=O)c1ccccc1F. The molecule has 2 nitrogen and oxygen atoms in total. The maximum atomic E-state index is 13.7. The van der Waals surface area contributed by atoms with Gasteiger partial charge in [-0.05, 0) is 37.9 Å². The molecule has 100 valence electrons. The lowest BCUT2D eigenvalue weighted by molar-refractivity contribution is 0.521. The Bertz CT molecular complexity index is 424. The maximum absolute atomic E-state index is 13.7. The second-order valence-electron chi connectivity index (χ2n) is 4.76. The van der Waals surface area contributed by atoms with Gasteiger partial charge in [-0.1, -0.05) is 25.5 Å². The number of rotatable bonds is 5. The van der Waals surface area contributed by atoms with Crippen molar-refractivity contribution in [3.05, 3.63) is 30.1 Å². The molecule has 1 saturated carbocycles. The predicted molar refractivity (Wildman–Crippen MR) is 72.5 cm³/mol. The van der Waals surface area contributed by atoms with Gasteiger partial charge < -0.3 is 5.32 Å². The Morgan fingerprint density at radius 1 is 1.39 bits per heavy atom. The summed E-state index contributed by atoms with van der Waals surface area (Å²) in [6.45, 7) is 3.06. The fraction of sp³-hybridized carbons (Fsp3) is 0.571. The molecule has 0 amide bonds. The van der Waals surface area contributed by atoms with Crippen LogP contribution in [-0.2, 0) is 10.8 Å². The van der Waals surface area contributed by atoms with Gasteiger partial charge in [0.25, 0.3) is 0 Å². The first kappa shape index (κ1) is 13.7. The first-order chi connectivity index (χ1) is 8.74. The molecule has 1 aliphatic carbocycles. The number of nitrogens with one attached hydrogen (secondary N) is 1. The van der Waals surface area contributed by atoms with E-state index in [4.69, 9.17) is 0 Å². The predicted octanol–water partition coefficient (Wildman–Crippen LogP) is 2.85. The highest BCUT2D eigenvalue weighted by molar-refractivity contribution is 7.85. The molecule has 0 aliphatic heterocycles. The highest BCUT2D eigenvalue weighted by Gasteiger charge is 2.33. The van der Waals surface area contributed by atoms with Crippen LogP contribution in [0.15, 0.2) is 29.2 Å². The van der Waals surface area contributed by atoms with Crippen LogP contribution < -0.4 is 5.32 Å². The van der Waals surface area contributed by atoms with Crippen LogP contribution in [0.2, 0.25) is 0 Å². The van der Waals surface area contributed by atoms with Crippen molar-refractivity contribution in [3.63, 3.8) is 0 Å². The third-order valence-corrected chi connectivity index (χ3v) is 5.32. The standard InChI is InChI=1S/C14H20FNOS/c1-2-10-16-12-7-5-9-14(12)18(17)13-8-4-3-6-11(13)15/h3-4,6,8,12,14,16H,2,5,7,9-10H2,1H3. The second-order valence-corrected chi connectivity index (χ2v) is 6.40. The number of benzene rings is 1. The van der Waals surface area contributed by atoms with E-state index in [1.54, 1.807) is 18.2 Å². The molecule has 1 aromatic rings. The molecular weight excluding hydrogens is 249 g/mol. The molecule has 0 heterocycles. The van der Waals surface area contributed by atoms with Crippen molar-refractivity contribution in [1.29, 1.82) is 0 Å². The molecule has 0 radical (unpaired) electrons. The summed E-state index contributed by atoms with van der Waals surface area (Å²) >= 11 is 0. The molecular formula is C14H20FNOS. The first-order valence-corrected chi connectivity index (χ1v) is 7.83. The van der Waals surface area contributed by atoms with Crippen LogP contribution in [0.1, 0.15) is 32.6 Å². The van der Waals surface area contributed by atoms with Crippen LogP contribution in [-0.4, -0.2) is 22.0 Å². The molecule has 18 heavy (non-hydrogen) atoms. The molecule has 0 saturated heterocycles. The molecule has 1 aromatic carbocycles. The van der Waals surface area contributed by atoms with Crippen LogP contribution in [0.3, 0.4) is 0 Å². The Kier molecular flexibility index (Phi) is 4.89. The molecule has 3 atom stereocenters. The minimum Gasteiger partial charge on any atom is -0.313 e. The average Bonchev–Trinajstić information content (AvgIpc) is 2.84. The molecule has 0 aromatic heterocycles. The van der Waals surface area contributed by atoms with E-state index in [1.807, 2.05) is 0 Å². The minimum absolute atomic E-state index is 0.0495. The summed E-state index contributed by atoms with van der Waals surface area (Å²) in [6, 6.07) is 6.68. The molecule has 0 spiro atoms. The van der Waals surface area contributed by atoms with Gasteiger partial charge in [-0.3, -0.25) is 4.21 Å². The van der Waals surface area contributed by atoms with Crippen molar-refractivity contribution >= 4 is 10.8 Å². The lowest BCUT2D eigenvalue weighted by Gasteiger charge is -2.20. The molecule has 2 rings (SSSR count). The van der Waals surface area contributed by atoms with Gasteiger partial charge in [0.1, 0.15) is 5.82 Å². The van der Waals surface area contributed by atoms with Crippen molar-refractivity contribution in [1.82, 2.24) is 5.32 Å². The van der Waals surface area contributed by atoms with E-state index in [1.165, 1.54) is 6.07 Å². The first-order valence-electron chi connectivity index (χ1n) is 6.62. The van der Waals surface area contributed by atoms with Crippen molar-refractivity contribution in [2.24, 2.45) is 0 Å². The van der Waals surface area contributed by atoms with Crippen molar-refractivity contribution in [2.75, 3.05) is 6.54 Å². The summed E-state index contributed by atoms with van der Waals surface area (Å²) < 4.78 is 26.1. The van der Waals surface area contributed by atoms with Gasteiger partial charge in [0, 0.05) is 6.04 Å². The van der Waals surface area contributed by atoms with E-state index < -0.39 is 10.8 Å². The summed E-state index contributed by atoms with van der Waals surface area (Å²) in [6.07, 6.45) is 4.11. The van der Waals surface area contributed by atoms with Crippen LogP contribution in [0, 0.1) is 5.82 Å². The molecule has 4 heteroatoms. The Morgan fingerprint density at radius 3 is 2.89 bits per heavy atom. The number of hydrogen-bond acceptors (Lipinski definition) is 2. The van der Waals surface area contributed by atoms with Crippen LogP contribution in [0.25, 0.3) is 0 Å². The van der Waals surface area contributed by atoms with E-state index in [0.29, 0.717) is 4.90 Å². The topological polar surface area (TPSA) is 29.1 Å². The molecule has 3 unspecified atom stereocenters. The summed E-state index contributed by atoms with van der Waals surface area (Å²) in [5.74, 6) is -0.350. The van der Waals surface area contributed by atoms with Gasteiger partial charge >= 0.3 is 0 Å². The minimum atomic E-state index is -1.24. The largest absolute Gasteiger partial charge is 0.313 e. The number of hydrogen-bond donors (Lipinski definition) is 1. The maximum Gasteiger partial charge on any atom is 0.139 e. The van der Waals surface area contributed by atoms with Gasteiger partial charge in [0.05, 0.1) is 20.9 Å². The van der Waals surface area contributed by atoms with E-state index >= 15 is 0 Å². The molecule has 1 fully saturated rings. The molecule has 0 bridgehead atoms. The van der Waals surface area contributed by atoms with E-state index in [9.17, 15) is 8.60 Å². The fourth-order valence-corrected chi connectivity index (χ4v) is 4.23. The second kappa shape index (κ2) is 6.43. The van der Waals surface area contributed by atoms with E-state index in [-0.39, 0.29) is 17.1 Å². The summed E-state index contributed by atoms with van der Waals surface area (Å²) in [7, 11) is -1.24. The highest BCUT2D eigenvalue weighted by Crippen LogP contribution is 2.28. The van der Waals surface area contributed by atoms with Crippen LogP contribution in [0.5, 0.6) is 0 Å². The Balaban J connectivity index is 2.10. The molecule has 1 N–H and O–H groups in total. The summed E-state index contributed by atoms with van der Waals surface area (Å²) in [5.41, 5.74) is 0. The lowest BCUT2D eigenvalue weighted by Crippen LogP contribution is -2.38. The Labute approximate surface area is 110 Å². The number of halogens is 1. The lowest BCUT2D eigenvalue weighted by atomic mass is 10.2. The zero-order valence-corrected chi connectivity index (χ0v) is 11.5. The van der Waals surface area contributed by atoms with Gasteiger partial charge in [0.2, 0.25) is 0 Å². The third-order valence-electron chi connectivity index (χ3n) is 3.44. The average molecular weight is 269 g/mol. The van der Waals surface area contributed by atoms with Crippen LogP contribution >= 0.6 is 0 Å². The quantitative estimate of drug-likeness (QED) is 0.890. The zero-order chi connectivity index (χ0) is 13.0. The Hall–Kier alpha value is -0.740. The summed E-state index contributed by atoms with van der Waals surface area (Å²) in [4.78, 5) is 0.354. The van der Waals surface area contributed by atoms with Crippen molar-refractivity contribution in [3.8, 4) is 0 Å².